The quantitative estimate of drug-likeness (QED) is 0.575. The van der Waals surface area contributed by atoms with Crippen molar-refractivity contribution in [2.45, 2.75) is 19.4 Å². The first-order chi connectivity index (χ1) is 12.3. The molecule has 6 nitrogen and oxygen atoms in total. The van der Waals surface area contributed by atoms with E-state index in [4.69, 9.17) is 16.3 Å². The first-order valence-electron chi connectivity index (χ1n) is 8.12. The van der Waals surface area contributed by atoms with Crippen LogP contribution in [0.3, 0.4) is 0 Å². The minimum absolute atomic E-state index is 0.0414. The third-order valence-electron chi connectivity index (χ3n) is 4.38. The molecule has 0 radical (unpaired) electrons. The molecule has 0 N–H and O–H groups in total. The van der Waals surface area contributed by atoms with Crippen LogP contribution < -0.4 is 4.74 Å². The summed E-state index contributed by atoms with van der Waals surface area (Å²) < 4.78 is 30.1. The average Bonchev–Trinajstić information content (AvgIpc) is 3.11. The molecule has 3 rings (SSSR count). The molecule has 1 fully saturated rings. The van der Waals surface area contributed by atoms with E-state index in [9.17, 15) is 13.2 Å². The van der Waals surface area contributed by atoms with Crippen molar-refractivity contribution in [3.63, 3.8) is 0 Å². The number of nitrogens with zero attached hydrogens (tertiary/aromatic N) is 2. The lowest BCUT2D eigenvalue weighted by atomic mass is 10.1. The molecule has 1 aromatic carbocycles. The predicted molar refractivity (Wildman–Crippen MR) is 101 cm³/mol. The number of ketones is 1. The van der Waals surface area contributed by atoms with E-state index in [2.05, 4.69) is 5.10 Å². The van der Waals surface area contributed by atoms with Gasteiger partial charge in [0.2, 0.25) is 0 Å². The molecule has 1 aromatic heterocycles. The fourth-order valence-electron chi connectivity index (χ4n) is 2.96. The fourth-order valence-corrected chi connectivity index (χ4v) is 5.03. The van der Waals surface area contributed by atoms with Gasteiger partial charge in [-0.05, 0) is 37.6 Å². The van der Waals surface area contributed by atoms with Crippen molar-refractivity contribution in [2.75, 3.05) is 18.6 Å². The van der Waals surface area contributed by atoms with Gasteiger partial charge in [0.05, 0.1) is 30.4 Å². The standard InChI is InChI=1S/C18H19ClN2O4S/c1-12-16(6-7-17(22)13-4-3-5-15(10-13)25-2)18(19)21(20-12)14-8-9-26(23,24)11-14/h3-7,10,14H,8-9,11H2,1-2H3/b7-6+/t14-/m0/s1. The third-order valence-corrected chi connectivity index (χ3v) is 6.51. The van der Waals surface area contributed by atoms with Crippen molar-refractivity contribution in [3.8, 4) is 5.75 Å². The topological polar surface area (TPSA) is 78.3 Å². The van der Waals surface area contributed by atoms with Crippen molar-refractivity contribution in [3.05, 3.63) is 52.3 Å². The van der Waals surface area contributed by atoms with E-state index < -0.39 is 9.84 Å². The van der Waals surface area contributed by atoms with E-state index in [0.29, 0.717) is 34.1 Å². The molecule has 0 amide bonds. The number of rotatable bonds is 5. The Labute approximate surface area is 157 Å². The van der Waals surface area contributed by atoms with Crippen LogP contribution in [0.1, 0.15) is 34.1 Å². The monoisotopic (exact) mass is 394 g/mol. The first-order valence-corrected chi connectivity index (χ1v) is 10.3. The molecular weight excluding hydrogens is 376 g/mol. The van der Waals surface area contributed by atoms with E-state index in [1.165, 1.54) is 6.08 Å². The third kappa shape index (κ3) is 3.83. The Morgan fingerprint density at radius 3 is 2.85 bits per heavy atom. The number of allylic oxidation sites excluding steroid dienone is 1. The van der Waals surface area contributed by atoms with Crippen molar-refractivity contribution in [2.24, 2.45) is 0 Å². The minimum Gasteiger partial charge on any atom is -0.497 e. The number of sulfone groups is 1. The highest BCUT2D eigenvalue weighted by Gasteiger charge is 2.31. The molecule has 0 bridgehead atoms. The lowest BCUT2D eigenvalue weighted by molar-refractivity contribution is 0.104. The van der Waals surface area contributed by atoms with Gasteiger partial charge in [0.1, 0.15) is 10.9 Å². The maximum atomic E-state index is 12.4. The Morgan fingerprint density at radius 2 is 2.19 bits per heavy atom. The summed E-state index contributed by atoms with van der Waals surface area (Å²) in [6, 6.07) is 6.62. The molecular formula is C18H19ClN2O4S. The van der Waals surface area contributed by atoms with Gasteiger partial charge >= 0.3 is 0 Å². The van der Waals surface area contributed by atoms with Gasteiger partial charge in [-0.2, -0.15) is 5.10 Å². The second-order valence-electron chi connectivity index (χ2n) is 6.22. The number of carbonyl (C=O) groups is 1. The Kier molecular flexibility index (Phi) is 5.20. The SMILES string of the molecule is COc1cccc(C(=O)/C=C/c2c(C)nn([C@H]3CCS(=O)(=O)C3)c2Cl)c1. The summed E-state index contributed by atoms with van der Waals surface area (Å²) in [6.45, 7) is 1.78. The molecule has 1 atom stereocenters. The molecule has 1 aliphatic heterocycles. The van der Waals surface area contributed by atoms with Crippen molar-refractivity contribution >= 4 is 33.3 Å². The number of halogens is 1. The van der Waals surface area contributed by atoms with Gasteiger partial charge in [0.15, 0.2) is 15.6 Å². The summed E-state index contributed by atoms with van der Waals surface area (Å²) >= 11 is 6.40. The van der Waals surface area contributed by atoms with E-state index in [1.54, 1.807) is 49.1 Å². The minimum atomic E-state index is -3.04. The number of hydrogen-bond donors (Lipinski definition) is 0. The molecule has 1 aliphatic rings. The van der Waals surface area contributed by atoms with E-state index in [-0.39, 0.29) is 23.3 Å². The van der Waals surface area contributed by atoms with Gasteiger partial charge in [0.25, 0.3) is 0 Å². The van der Waals surface area contributed by atoms with E-state index >= 15 is 0 Å². The Bertz CT molecular complexity index is 979. The average molecular weight is 395 g/mol. The molecule has 0 aliphatic carbocycles. The van der Waals surface area contributed by atoms with Crippen LogP contribution in [0.5, 0.6) is 5.75 Å². The summed E-state index contributed by atoms with van der Waals surface area (Å²) in [5, 5.41) is 4.72. The number of benzene rings is 1. The van der Waals surface area contributed by atoms with Crippen molar-refractivity contribution in [1.29, 1.82) is 0 Å². The summed E-state index contributed by atoms with van der Waals surface area (Å²) in [6.07, 6.45) is 3.54. The van der Waals surface area contributed by atoms with Crippen LogP contribution in [-0.4, -0.2) is 42.6 Å². The van der Waals surface area contributed by atoms with Crippen molar-refractivity contribution < 1.29 is 17.9 Å². The summed E-state index contributed by atoms with van der Waals surface area (Å²) in [4.78, 5) is 12.4. The molecule has 0 saturated carbocycles. The molecule has 0 spiro atoms. The Morgan fingerprint density at radius 1 is 1.42 bits per heavy atom. The number of ether oxygens (including phenoxy) is 1. The number of carbonyl (C=O) groups excluding carboxylic acids is 1. The maximum Gasteiger partial charge on any atom is 0.185 e. The molecule has 2 heterocycles. The number of hydrogen-bond acceptors (Lipinski definition) is 5. The molecule has 2 aromatic rings. The van der Waals surface area contributed by atoms with Gasteiger partial charge < -0.3 is 4.74 Å². The summed E-state index contributed by atoms with van der Waals surface area (Å²) in [7, 11) is -1.49. The molecule has 1 saturated heterocycles. The Balaban J connectivity index is 1.84. The zero-order valence-electron chi connectivity index (χ0n) is 14.5. The highest BCUT2D eigenvalue weighted by atomic mass is 35.5. The second kappa shape index (κ2) is 7.25. The van der Waals surface area contributed by atoms with Gasteiger partial charge in [-0.3, -0.25) is 4.79 Å². The normalized spacial score (nSPS) is 19.1. The zero-order valence-corrected chi connectivity index (χ0v) is 16.0. The van der Waals surface area contributed by atoms with Crippen LogP contribution in [0, 0.1) is 6.92 Å². The highest BCUT2D eigenvalue weighted by Crippen LogP contribution is 2.30. The van der Waals surface area contributed by atoms with Crippen LogP contribution in [0.4, 0.5) is 0 Å². The number of aryl methyl sites for hydroxylation is 1. The summed E-state index contributed by atoms with van der Waals surface area (Å²) in [5.74, 6) is 0.607. The fraction of sp³-hybridized carbons (Fsp3) is 0.333. The van der Waals surface area contributed by atoms with Gasteiger partial charge in [0, 0.05) is 11.1 Å². The summed E-state index contributed by atoms with van der Waals surface area (Å²) in [5.41, 5.74) is 1.77. The Hall–Kier alpha value is -2.12. The van der Waals surface area contributed by atoms with Crippen LogP contribution >= 0.6 is 11.6 Å². The predicted octanol–water partition coefficient (Wildman–Crippen LogP) is 3.11. The maximum absolute atomic E-state index is 12.4. The molecule has 138 valence electrons. The molecule has 0 unspecified atom stereocenters. The van der Waals surface area contributed by atoms with E-state index in [1.807, 2.05) is 0 Å². The van der Waals surface area contributed by atoms with Crippen LogP contribution in [0.15, 0.2) is 30.3 Å². The van der Waals surface area contributed by atoms with Crippen LogP contribution in [0.25, 0.3) is 6.08 Å². The second-order valence-corrected chi connectivity index (χ2v) is 8.81. The lowest BCUT2D eigenvalue weighted by Gasteiger charge is -2.09. The van der Waals surface area contributed by atoms with E-state index in [0.717, 1.165) is 0 Å². The van der Waals surface area contributed by atoms with Crippen molar-refractivity contribution in [1.82, 2.24) is 9.78 Å². The van der Waals surface area contributed by atoms with Crippen LogP contribution in [0.2, 0.25) is 5.15 Å². The molecule has 26 heavy (non-hydrogen) atoms. The lowest BCUT2D eigenvalue weighted by Crippen LogP contribution is -2.12. The van der Waals surface area contributed by atoms with Gasteiger partial charge in [-0.1, -0.05) is 23.7 Å². The van der Waals surface area contributed by atoms with Crippen LogP contribution in [-0.2, 0) is 9.84 Å². The number of methoxy groups -OCH3 is 1. The van der Waals surface area contributed by atoms with Gasteiger partial charge in [-0.25, -0.2) is 13.1 Å². The van der Waals surface area contributed by atoms with Gasteiger partial charge in [-0.15, -0.1) is 0 Å². The first kappa shape index (κ1) is 18.7. The smallest absolute Gasteiger partial charge is 0.185 e. The number of aromatic nitrogens is 2. The molecule has 8 heteroatoms. The largest absolute Gasteiger partial charge is 0.497 e. The highest BCUT2D eigenvalue weighted by molar-refractivity contribution is 7.91. The zero-order chi connectivity index (χ0) is 18.9.